The summed E-state index contributed by atoms with van der Waals surface area (Å²) in [6.07, 6.45) is 0. The Bertz CT molecular complexity index is 1050. The maximum Gasteiger partial charge on any atom is 0.200 e. The van der Waals surface area contributed by atoms with E-state index < -0.39 is 87.8 Å². The van der Waals surface area contributed by atoms with Crippen molar-refractivity contribution < 1.29 is 49.0 Å². The van der Waals surface area contributed by atoms with Gasteiger partial charge in [0.05, 0.1) is 10.6 Å². The fraction of sp³-hybridized carbons (Fsp3) is 0. The summed E-state index contributed by atoms with van der Waals surface area (Å²) in [6, 6.07) is 3.77. The van der Waals surface area contributed by atoms with Gasteiger partial charge in [-0.1, -0.05) is 18.2 Å². The van der Waals surface area contributed by atoms with Gasteiger partial charge in [0.1, 0.15) is 5.75 Å². The van der Waals surface area contributed by atoms with Gasteiger partial charge in [-0.3, -0.25) is 0 Å². The fourth-order valence-electron chi connectivity index (χ4n) is 2.59. The zero-order chi connectivity index (χ0) is 22.5. The summed E-state index contributed by atoms with van der Waals surface area (Å²) >= 11 is 0. The first-order valence-electron chi connectivity index (χ1n) is 7.61. The van der Waals surface area contributed by atoms with Gasteiger partial charge in [0.15, 0.2) is 46.5 Å². The number of benzene rings is 3. The minimum atomic E-state index is -3.68. The monoisotopic (exact) mass is 458 g/mol. The van der Waals surface area contributed by atoms with Crippen molar-refractivity contribution in [3.05, 3.63) is 82.4 Å². The second-order valence-corrected chi connectivity index (χ2v) is 7.71. The van der Waals surface area contributed by atoms with E-state index in [1.807, 2.05) is 0 Å². The molecule has 3 rings (SSSR count). The average Bonchev–Trinajstić information content (AvgIpc) is 2.73. The Morgan fingerprint density at radius 1 is 0.467 bits per heavy atom. The molecule has 0 aliphatic heterocycles. The average molecular weight is 458 g/mol. The van der Waals surface area contributed by atoms with E-state index in [0.717, 1.165) is 24.3 Å². The van der Waals surface area contributed by atoms with Crippen molar-refractivity contribution in [3.8, 4) is 5.75 Å². The van der Waals surface area contributed by atoms with Crippen LogP contribution >= 0.6 is 7.92 Å². The first-order chi connectivity index (χ1) is 14.0. The van der Waals surface area contributed by atoms with E-state index in [1.165, 1.54) is 0 Å². The third-order valence-electron chi connectivity index (χ3n) is 3.94. The van der Waals surface area contributed by atoms with Crippen LogP contribution in [0.4, 0.5) is 43.9 Å². The Kier molecular flexibility index (Phi) is 5.68. The van der Waals surface area contributed by atoms with Gasteiger partial charge in [-0.25, -0.2) is 43.9 Å². The molecule has 0 fully saturated rings. The normalized spacial score (nSPS) is 11.4. The van der Waals surface area contributed by atoms with E-state index in [9.17, 15) is 49.0 Å². The van der Waals surface area contributed by atoms with Crippen LogP contribution in [0, 0.1) is 58.2 Å². The number of rotatable bonds is 3. The van der Waals surface area contributed by atoms with E-state index in [2.05, 4.69) is 0 Å². The molecule has 0 atom stereocenters. The highest BCUT2D eigenvalue weighted by atomic mass is 31.1. The Morgan fingerprint density at radius 3 is 1.10 bits per heavy atom. The Labute approximate surface area is 161 Å². The van der Waals surface area contributed by atoms with Crippen LogP contribution in [0.1, 0.15) is 0 Å². The molecule has 0 saturated heterocycles. The maximum atomic E-state index is 14.4. The molecule has 0 unspecified atom stereocenters. The van der Waals surface area contributed by atoms with Crippen LogP contribution in [-0.4, -0.2) is 5.11 Å². The van der Waals surface area contributed by atoms with Crippen molar-refractivity contribution >= 4 is 23.8 Å². The third-order valence-corrected chi connectivity index (χ3v) is 6.48. The number of phenols is 1. The molecule has 0 aliphatic carbocycles. The molecule has 3 aromatic rings. The molecule has 12 heteroatoms. The molecule has 0 heterocycles. The Balaban J connectivity index is 2.55. The highest BCUT2D eigenvalue weighted by Crippen LogP contribution is 2.42. The molecule has 0 amide bonds. The molecule has 1 nitrogen and oxygen atoms in total. The summed E-state index contributed by atoms with van der Waals surface area (Å²) in [6.45, 7) is 0. The SMILES string of the molecule is Oc1ccccc1P(c1c(F)c(F)c(F)c(F)c1F)c1c(F)c(F)c(F)c(F)c1F. The number of para-hydroxylation sites is 1. The van der Waals surface area contributed by atoms with Crippen LogP contribution in [-0.2, 0) is 0 Å². The van der Waals surface area contributed by atoms with Crippen LogP contribution in [0.15, 0.2) is 24.3 Å². The van der Waals surface area contributed by atoms with Crippen molar-refractivity contribution in [1.29, 1.82) is 0 Å². The van der Waals surface area contributed by atoms with Gasteiger partial charge < -0.3 is 5.11 Å². The Hall–Kier alpha value is -2.81. The number of halogens is 10. The molecular weight excluding hydrogens is 453 g/mol. The predicted octanol–water partition coefficient (Wildman–Crippen LogP) is 4.54. The summed E-state index contributed by atoms with van der Waals surface area (Å²) < 4.78 is 139. The summed E-state index contributed by atoms with van der Waals surface area (Å²) in [5.74, 6) is -26.4. The van der Waals surface area contributed by atoms with E-state index in [1.54, 1.807) is 0 Å². The molecule has 158 valence electrons. The number of aromatic hydroxyl groups is 1. The largest absolute Gasteiger partial charge is 0.507 e. The van der Waals surface area contributed by atoms with E-state index in [4.69, 9.17) is 0 Å². The first-order valence-corrected chi connectivity index (χ1v) is 8.95. The molecule has 1 N–H and O–H groups in total. The van der Waals surface area contributed by atoms with Crippen molar-refractivity contribution in [2.75, 3.05) is 0 Å². The molecule has 0 spiro atoms. The lowest BCUT2D eigenvalue weighted by Crippen LogP contribution is -2.33. The first kappa shape index (κ1) is 21.9. The zero-order valence-corrected chi connectivity index (χ0v) is 14.9. The minimum Gasteiger partial charge on any atom is -0.507 e. The lowest BCUT2D eigenvalue weighted by Gasteiger charge is -2.23. The van der Waals surface area contributed by atoms with Crippen LogP contribution < -0.4 is 15.9 Å². The summed E-state index contributed by atoms with van der Waals surface area (Å²) in [5, 5.41) is 5.43. The number of hydrogen-bond donors (Lipinski definition) is 1. The molecule has 3 aromatic carbocycles. The minimum absolute atomic E-state index is 0.775. The summed E-state index contributed by atoms with van der Waals surface area (Å²) in [4.78, 5) is 0. The summed E-state index contributed by atoms with van der Waals surface area (Å²) in [7, 11) is -3.68. The van der Waals surface area contributed by atoms with Gasteiger partial charge >= 0.3 is 0 Å². The second kappa shape index (κ2) is 7.79. The van der Waals surface area contributed by atoms with Crippen molar-refractivity contribution in [1.82, 2.24) is 0 Å². The Morgan fingerprint density at radius 2 is 0.767 bits per heavy atom. The van der Waals surface area contributed by atoms with Gasteiger partial charge in [-0.05, 0) is 6.07 Å². The second-order valence-electron chi connectivity index (χ2n) is 5.66. The van der Waals surface area contributed by atoms with Crippen LogP contribution in [0.5, 0.6) is 5.75 Å². The smallest absolute Gasteiger partial charge is 0.200 e. The van der Waals surface area contributed by atoms with Gasteiger partial charge in [0.2, 0.25) is 11.6 Å². The van der Waals surface area contributed by atoms with E-state index in [-0.39, 0.29) is 0 Å². The lowest BCUT2D eigenvalue weighted by molar-refractivity contribution is 0.383. The van der Waals surface area contributed by atoms with Crippen molar-refractivity contribution in [2.45, 2.75) is 0 Å². The number of hydrogen-bond acceptors (Lipinski definition) is 1. The number of phenolic OH excluding ortho intramolecular Hbond substituents is 1. The van der Waals surface area contributed by atoms with Gasteiger partial charge in [-0.2, -0.15) is 0 Å². The molecule has 0 bridgehead atoms. The molecule has 0 aromatic heterocycles. The van der Waals surface area contributed by atoms with Crippen LogP contribution in [0.3, 0.4) is 0 Å². The fourth-order valence-corrected chi connectivity index (χ4v) is 5.01. The molecule has 30 heavy (non-hydrogen) atoms. The van der Waals surface area contributed by atoms with Crippen molar-refractivity contribution in [2.24, 2.45) is 0 Å². The van der Waals surface area contributed by atoms with E-state index >= 15 is 0 Å². The quantitative estimate of drug-likeness (QED) is 0.265. The molecule has 0 radical (unpaired) electrons. The molecule has 0 aliphatic rings. The predicted molar refractivity (Wildman–Crippen MR) is 86.4 cm³/mol. The highest BCUT2D eigenvalue weighted by molar-refractivity contribution is 7.80. The van der Waals surface area contributed by atoms with Crippen LogP contribution in [0.2, 0.25) is 0 Å². The van der Waals surface area contributed by atoms with Gasteiger partial charge in [0, 0.05) is 13.2 Å². The summed E-state index contributed by atoms with van der Waals surface area (Å²) in [5.41, 5.74) is 0. The zero-order valence-electron chi connectivity index (χ0n) is 14.0. The highest BCUT2D eigenvalue weighted by Gasteiger charge is 2.39. The van der Waals surface area contributed by atoms with Gasteiger partial charge in [0.25, 0.3) is 0 Å². The van der Waals surface area contributed by atoms with Gasteiger partial charge in [-0.15, -0.1) is 0 Å². The molecular formula is C18H5F10OP. The lowest BCUT2D eigenvalue weighted by atomic mass is 10.3. The topological polar surface area (TPSA) is 20.2 Å². The molecule has 0 saturated carbocycles. The standard InChI is InChI=1S/C18H5F10OP/c19-7-9(21)13(25)17(14(26)10(7)22)30(6-4-2-1-3-5(6)29)18-15(27)11(23)8(20)12(24)16(18)28/h1-4,29H. The van der Waals surface area contributed by atoms with E-state index in [0.29, 0.717) is 0 Å². The third kappa shape index (κ3) is 3.17. The maximum absolute atomic E-state index is 14.4. The van der Waals surface area contributed by atoms with Crippen molar-refractivity contribution in [3.63, 3.8) is 0 Å². The van der Waals surface area contributed by atoms with Crippen LogP contribution in [0.25, 0.3) is 0 Å².